The number of amides is 1. The second-order valence-corrected chi connectivity index (χ2v) is 6.33. The van der Waals surface area contributed by atoms with Crippen molar-refractivity contribution >= 4 is 29.0 Å². The van der Waals surface area contributed by atoms with E-state index >= 15 is 0 Å². The SMILES string of the molecule is CCCSc1ccc(N)c(NC(=O)C2COC(C)C2)c1. The summed E-state index contributed by atoms with van der Waals surface area (Å²) >= 11 is 1.77. The van der Waals surface area contributed by atoms with Crippen LogP contribution in [-0.4, -0.2) is 24.4 Å². The van der Waals surface area contributed by atoms with Crippen LogP contribution in [0.5, 0.6) is 0 Å². The molecule has 1 aliphatic rings. The molecular weight excluding hydrogens is 272 g/mol. The summed E-state index contributed by atoms with van der Waals surface area (Å²) in [6, 6.07) is 5.79. The predicted octanol–water partition coefficient (Wildman–Crippen LogP) is 3.13. The molecule has 4 nitrogen and oxygen atoms in total. The number of anilines is 2. The van der Waals surface area contributed by atoms with Crippen molar-refractivity contribution in [3.63, 3.8) is 0 Å². The number of carbonyl (C=O) groups is 1. The van der Waals surface area contributed by atoms with Crippen molar-refractivity contribution < 1.29 is 9.53 Å². The van der Waals surface area contributed by atoms with Gasteiger partial charge in [0.25, 0.3) is 0 Å². The van der Waals surface area contributed by atoms with Gasteiger partial charge in [0.15, 0.2) is 0 Å². The van der Waals surface area contributed by atoms with Crippen LogP contribution in [0.4, 0.5) is 11.4 Å². The molecule has 0 spiro atoms. The van der Waals surface area contributed by atoms with Crippen molar-refractivity contribution in [1.82, 2.24) is 0 Å². The zero-order valence-corrected chi connectivity index (χ0v) is 12.8. The lowest BCUT2D eigenvalue weighted by Crippen LogP contribution is -2.23. The zero-order valence-electron chi connectivity index (χ0n) is 12.0. The van der Waals surface area contributed by atoms with Crippen molar-refractivity contribution in [2.24, 2.45) is 5.92 Å². The van der Waals surface area contributed by atoms with E-state index in [9.17, 15) is 4.79 Å². The van der Waals surface area contributed by atoms with Gasteiger partial charge in [-0.25, -0.2) is 0 Å². The fourth-order valence-electron chi connectivity index (χ4n) is 2.19. The molecule has 0 radical (unpaired) electrons. The van der Waals surface area contributed by atoms with E-state index in [1.165, 1.54) is 0 Å². The van der Waals surface area contributed by atoms with Crippen LogP contribution in [0.3, 0.4) is 0 Å². The van der Waals surface area contributed by atoms with E-state index in [2.05, 4.69) is 12.2 Å². The van der Waals surface area contributed by atoms with Gasteiger partial charge in [-0.1, -0.05) is 6.92 Å². The Bertz CT molecular complexity index is 479. The van der Waals surface area contributed by atoms with Crippen molar-refractivity contribution in [3.05, 3.63) is 18.2 Å². The molecule has 1 aliphatic heterocycles. The summed E-state index contributed by atoms with van der Waals surface area (Å²) < 4.78 is 5.44. The first-order valence-electron chi connectivity index (χ1n) is 7.05. The van der Waals surface area contributed by atoms with Crippen molar-refractivity contribution in [1.29, 1.82) is 0 Å². The predicted molar refractivity (Wildman–Crippen MR) is 84.0 cm³/mol. The quantitative estimate of drug-likeness (QED) is 0.647. The number of benzene rings is 1. The molecule has 1 aromatic rings. The third-order valence-electron chi connectivity index (χ3n) is 3.32. The summed E-state index contributed by atoms with van der Waals surface area (Å²) in [7, 11) is 0. The molecule has 1 heterocycles. The highest BCUT2D eigenvalue weighted by molar-refractivity contribution is 7.99. The van der Waals surface area contributed by atoms with Crippen molar-refractivity contribution in [2.75, 3.05) is 23.4 Å². The Kier molecular flexibility index (Phi) is 5.31. The standard InChI is InChI=1S/C15H22N2O2S/c1-3-6-20-12-4-5-13(16)14(8-12)17-15(18)11-7-10(2)19-9-11/h4-5,8,10-11H,3,6-7,9,16H2,1-2H3,(H,17,18). The minimum absolute atomic E-state index is 0.00121. The number of hydrogen-bond donors (Lipinski definition) is 2. The summed E-state index contributed by atoms with van der Waals surface area (Å²) in [5.41, 5.74) is 7.24. The minimum Gasteiger partial charge on any atom is -0.397 e. The molecule has 20 heavy (non-hydrogen) atoms. The number of hydrogen-bond acceptors (Lipinski definition) is 4. The van der Waals surface area contributed by atoms with Crippen molar-refractivity contribution in [2.45, 2.75) is 37.7 Å². The maximum Gasteiger partial charge on any atom is 0.229 e. The molecule has 0 aliphatic carbocycles. The molecule has 0 aromatic heterocycles. The number of nitrogens with one attached hydrogen (secondary N) is 1. The molecule has 110 valence electrons. The number of carbonyl (C=O) groups excluding carboxylic acids is 1. The highest BCUT2D eigenvalue weighted by atomic mass is 32.2. The number of thioether (sulfide) groups is 1. The smallest absolute Gasteiger partial charge is 0.229 e. The molecule has 2 rings (SSSR count). The molecule has 1 saturated heterocycles. The maximum atomic E-state index is 12.2. The average molecular weight is 294 g/mol. The normalized spacial score (nSPS) is 21.9. The number of nitrogens with two attached hydrogens (primary N) is 1. The van der Waals surface area contributed by atoms with Gasteiger partial charge in [0.1, 0.15) is 0 Å². The lowest BCUT2D eigenvalue weighted by atomic mass is 10.1. The zero-order chi connectivity index (χ0) is 14.5. The summed E-state index contributed by atoms with van der Waals surface area (Å²) in [6.07, 6.45) is 2.05. The fraction of sp³-hybridized carbons (Fsp3) is 0.533. The Labute approximate surface area is 124 Å². The Morgan fingerprint density at radius 2 is 2.35 bits per heavy atom. The lowest BCUT2D eigenvalue weighted by Gasteiger charge is -2.12. The van der Waals surface area contributed by atoms with Crippen LogP contribution < -0.4 is 11.1 Å². The van der Waals surface area contributed by atoms with Gasteiger partial charge in [0, 0.05) is 4.90 Å². The van der Waals surface area contributed by atoms with Gasteiger partial charge in [-0.3, -0.25) is 4.79 Å². The first kappa shape index (κ1) is 15.2. The van der Waals surface area contributed by atoms with Crippen LogP contribution in [0.15, 0.2) is 23.1 Å². The average Bonchev–Trinajstić information content (AvgIpc) is 2.86. The monoisotopic (exact) mass is 294 g/mol. The highest BCUT2D eigenvalue weighted by Crippen LogP contribution is 2.28. The van der Waals surface area contributed by atoms with E-state index in [1.54, 1.807) is 11.8 Å². The Morgan fingerprint density at radius 1 is 1.55 bits per heavy atom. The van der Waals surface area contributed by atoms with Gasteiger partial charge >= 0.3 is 0 Å². The molecule has 2 unspecified atom stereocenters. The van der Waals surface area contributed by atoms with Gasteiger partial charge in [0.2, 0.25) is 5.91 Å². The third-order valence-corrected chi connectivity index (χ3v) is 4.52. The van der Waals surface area contributed by atoms with Crippen LogP contribution in [0, 0.1) is 5.92 Å². The largest absolute Gasteiger partial charge is 0.397 e. The molecular formula is C15H22N2O2S. The van der Waals surface area contributed by atoms with Crippen LogP contribution in [0.25, 0.3) is 0 Å². The second kappa shape index (κ2) is 6.99. The Balaban J connectivity index is 2.02. The maximum absolute atomic E-state index is 12.2. The second-order valence-electron chi connectivity index (χ2n) is 5.16. The van der Waals surface area contributed by atoms with Crippen LogP contribution in [0.2, 0.25) is 0 Å². The first-order chi connectivity index (χ1) is 9.60. The first-order valence-corrected chi connectivity index (χ1v) is 8.03. The van der Waals surface area contributed by atoms with E-state index in [4.69, 9.17) is 10.5 Å². The van der Waals surface area contributed by atoms with Crippen molar-refractivity contribution in [3.8, 4) is 0 Å². The van der Waals surface area contributed by atoms with Crippen LogP contribution in [-0.2, 0) is 9.53 Å². The third kappa shape index (κ3) is 3.90. The number of nitrogen functional groups attached to an aromatic ring is 1. The molecule has 0 bridgehead atoms. The number of rotatable bonds is 5. The van der Waals surface area contributed by atoms with Gasteiger partial charge in [-0.2, -0.15) is 0 Å². The van der Waals surface area contributed by atoms with E-state index in [0.717, 1.165) is 23.5 Å². The lowest BCUT2D eigenvalue weighted by molar-refractivity contribution is -0.119. The summed E-state index contributed by atoms with van der Waals surface area (Å²) in [5, 5.41) is 2.93. The molecule has 1 aromatic carbocycles. The van der Waals surface area contributed by atoms with Gasteiger partial charge in [-0.15, -0.1) is 11.8 Å². The molecule has 2 atom stereocenters. The summed E-state index contributed by atoms with van der Waals surface area (Å²) in [6.45, 7) is 4.63. The van der Waals surface area contributed by atoms with Crippen LogP contribution in [0.1, 0.15) is 26.7 Å². The molecule has 5 heteroatoms. The highest BCUT2D eigenvalue weighted by Gasteiger charge is 2.28. The van der Waals surface area contributed by atoms with Gasteiger partial charge in [-0.05, 0) is 43.7 Å². The van der Waals surface area contributed by atoms with Crippen LogP contribution >= 0.6 is 11.8 Å². The topological polar surface area (TPSA) is 64.3 Å². The van der Waals surface area contributed by atoms with E-state index in [1.807, 2.05) is 25.1 Å². The fourth-order valence-corrected chi connectivity index (χ4v) is 2.99. The molecule has 0 saturated carbocycles. The summed E-state index contributed by atoms with van der Waals surface area (Å²) in [4.78, 5) is 13.3. The molecule has 1 fully saturated rings. The molecule has 1 amide bonds. The summed E-state index contributed by atoms with van der Waals surface area (Å²) in [5.74, 6) is 0.987. The minimum atomic E-state index is -0.0728. The Hall–Kier alpha value is -1.20. The van der Waals surface area contributed by atoms with Gasteiger partial charge in [0.05, 0.1) is 30.0 Å². The molecule has 3 N–H and O–H groups in total. The van der Waals surface area contributed by atoms with E-state index in [0.29, 0.717) is 18.0 Å². The number of ether oxygens (including phenoxy) is 1. The van der Waals surface area contributed by atoms with E-state index in [-0.39, 0.29) is 17.9 Å². The van der Waals surface area contributed by atoms with Gasteiger partial charge < -0.3 is 15.8 Å². The Morgan fingerprint density at radius 3 is 3.00 bits per heavy atom. The van der Waals surface area contributed by atoms with E-state index < -0.39 is 0 Å².